The second-order valence-electron chi connectivity index (χ2n) is 6.57. The molecule has 1 unspecified atom stereocenters. The fraction of sp³-hybridized carbons (Fsp3) is 0.389. The van der Waals surface area contributed by atoms with E-state index in [0.29, 0.717) is 29.6 Å². The van der Waals surface area contributed by atoms with Crippen LogP contribution in [0.15, 0.2) is 39.5 Å². The summed E-state index contributed by atoms with van der Waals surface area (Å²) >= 11 is 0. The molecule has 0 fully saturated rings. The van der Waals surface area contributed by atoms with E-state index in [9.17, 15) is 4.79 Å². The van der Waals surface area contributed by atoms with Crippen molar-refractivity contribution in [3.05, 3.63) is 47.8 Å². The van der Waals surface area contributed by atoms with E-state index in [1.807, 2.05) is 32.0 Å². The first-order valence-electron chi connectivity index (χ1n) is 8.66. The smallest absolute Gasteiger partial charge is 0.318 e. The van der Waals surface area contributed by atoms with Gasteiger partial charge in [0.1, 0.15) is 23.2 Å². The van der Waals surface area contributed by atoms with Crippen molar-refractivity contribution < 1.29 is 13.8 Å². The summed E-state index contributed by atoms with van der Waals surface area (Å²) in [5.41, 5.74) is 1.30. The molecule has 0 aliphatic carbocycles. The van der Waals surface area contributed by atoms with Crippen molar-refractivity contribution in [1.82, 2.24) is 30.5 Å². The number of amides is 2. The molecule has 3 aromatic rings. The molecule has 0 saturated carbocycles. The van der Waals surface area contributed by atoms with Gasteiger partial charge in [0.05, 0.1) is 6.54 Å². The Hall–Kier alpha value is -3.23. The van der Waals surface area contributed by atoms with Crippen molar-refractivity contribution in [2.24, 2.45) is 0 Å². The number of carbonyl (C=O) groups is 1. The van der Waals surface area contributed by atoms with Gasteiger partial charge in [-0.15, -0.1) is 0 Å². The van der Waals surface area contributed by atoms with E-state index in [2.05, 4.69) is 25.6 Å². The highest BCUT2D eigenvalue weighted by Crippen LogP contribution is 2.18. The largest absolute Gasteiger partial charge is 0.361 e. The van der Waals surface area contributed by atoms with Gasteiger partial charge in [0.15, 0.2) is 0 Å². The van der Waals surface area contributed by atoms with Crippen molar-refractivity contribution >= 4 is 6.03 Å². The minimum absolute atomic E-state index is 0.247. The summed E-state index contributed by atoms with van der Waals surface area (Å²) in [6.07, 6.45) is 1.65. The van der Waals surface area contributed by atoms with E-state index in [1.54, 1.807) is 26.2 Å². The molecule has 0 bridgehead atoms. The van der Waals surface area contributed by atoms with Crippen molar-refractivity contribution in [3.63, 3.8) is 0 Å². The second-order valence-corrected chi connectivity index (χ2v) is 6.57. The van der Waals surface area contributed by atoms with E-state index in [-0.39, 0.29) is 11.9 Å². The van der Waals surface area contributed by atoms with Crippen LogP contribution >= 0.6 is 0 Å². The highest BCUT2D eigenvalue weighted by Gasteiger charge is 2.20. The first kappa shape index (κ1) is 18.6. The Bertz CT molecular complexity index is 889. The van der Waals surface area contributed by atoms with Gasteiger partial charge in [-0.3, -0.25) is 4.98 Å². The van der Waals surface area contributed by atoms with Crippen LogP contribution in [0.5, 0.6) is 0 Å². The lowest BCUT2D eigenvalue weighted by Crippen LogP contribution is -2.38. The third-order valence-corrected chi connectivity index (χ3v) is 3.94. The lowest BCUT2D eigenvalue weighted by atomic mass is 10.1. The normalized spacial score (nSPS) is 12.2. The van der Waals surface area contributed by atoms with Crippen molar-refractivity contribution in [2.75, 3.05) is 7.05 Å². The molecule has 0 saturated heterocycles. The minimum atomic E-state index is -0.451. The van der Waals surface area contributed by atoms with Gasteiger partial charge in [-0.1, -0.05) is 30.2 Å². The summed E-state index contributed by atoms with van der Waals surface area (Å²) < 4.78 is 10.5. The molecule has 1 atom stereocenters. The molecular weight excluding hydrogens is 348 g/mol. The number of nitrogens with one attached hydrogen (secondary N) is 1. The van der Waals surface area contributed by atoms with Crippen LogP contribution in [0.4, 0.5) is 4.79 Å². The molecule has 3 heterocycles. The van der Waals surface area contributed by atoms with Crippen LogP contribution in [0.2, 0.25) is 0 Å². The lowest BCUT2D eigenvalue weighted by molar-refractivity contribution is 0.199. The highest BCUT2D eigenvalue weighted by molar-refractivity contribution is 5.74. The second kappa shape index (κ2) is 7.98. The number of nitrogens with zero attached hydrogens (tertiary/aromatic N) is 5. The van der Waals surface area contributed by atoms with E-state index in [4.69, 9.17) is 9.05 Å². The van der Waals surface area contributed by atoms with Gasteiger partial charge < -0.3 is 19.3 Å². The van der Waals surface area contributed by atoms with Crippen LogP contribution in [0.25, 0.3) is 11.5 Å². The number of carbonyl (C=O) groups excluding carboxylic acids is 1. The zero-order chi connectivity index (χ0) is 19.4. The monoisotopic (exact) mass is 370 g/mol. The van der Waals surface area contributed by atoms with E-state index in [0.717, 1.165) is 5.76 Å². The van der Waals surface area contributed by atoms with Crippen LogP contribution in [0, 0.1) is 0 Å². The van der Waals surface area contributed by atoms with Gasteiger partial charge in [0, 0.05) is 25.2 Å². The van der Waals surface area contributed by atoms with E-state index >= 15 is 0 Å². The lowest BCUT2D eigenvalue weighted by Gasteiger charge is -2.18. The maximum absolute atomic E-state index is 12.4. The summed E-state index contributed by atoms with van der Waals surface area (Å²) in [6, 6.07) is 6.56. The first-order valence-corrected chi connectivity index (χ1v) is 8.66. The zero-order valence-corrected chi connectivity index (χ0v) is 15.7. The van der Waals surface area contributed by atoms with Gasteiger partial charge in [-0.05, 0) is 19.1 Å². The molecule has 1 N–H and O–H groups in total. The fourth-order valence-corrected chi connectivity index (χ4v) is 2.36. The molecule has 3 aromatic heterocycles. The van der Waals surface area contributed by atoms with Crippen molar-refractivity contribution in [2.45, 2.75) is 39.3 Å². The molecule has 0 aliphatic rings. The van der Waals surface area contributed by atoms with Crippen LogP contribution in [-0.2, 0) is 6.54 Å². The average Bonchev–Trinajstić information content (AvgIpc) is 3.32. The predicted molar refractivity (Wildman–Crippen MR) is 96.5 cm³/mol. The van der Waals surface area contributed by atoms with Gasteiger partial charge in [-0.2, -0.15) is 4.98 Å². The molecule has 0 radical (unpaired) electrons. The topological polar surface area (TPSA) is 110 Å². The molecule has 3 rings (SSSR count). The summed E-state index contributed by atoms with van der Waals surface area (Å²) in [6.45, 7) is 6.14. The molecule has 142 valence electrons. The Labute approximate surface area is 156 Å². The average molecular weight is 370 g/mol. The molecule has 9 heteroatoms. The molecule has 0 spiro atoms. The number of hydrogen-bond acceptors (Lipinski definition) is 7. The maximum atomic E-state index is 12.4. The number of hydrogen-bond donors (Lipinski definition) is 1. The quantitative estimate of drug-likeness (QED) is 0.709. The molecule has 27 heavy (non-hydrogen) atoms. The Morgan fingerprint density at radius 3 is 2.70 bits per heavy atom. The van der Waals surface area contributed by atoms with Crippen LogP contribution in [0.1, 0.15) is 50.1 Å². The summed E-state index contributed by atoms with van der Waals surface area (Å²) in [7, 11) is 1.68. The molecule has 9 nitrogen and oxygen atoms in total. The van der Waals surface area contributed by atoms with E-state index < -0.39 is 6.04 Å². The number of rotatable bonds is 6. The Balaban J connectivity index is 1.59. The van der Waals surface area contributed by atoms with Crippen LogP contribution in [-0.4, -0.2) is 38.3 Å². The van der Waals surface area contributed by atoms with Gasteiger partial charge in [0.2, 0.25) is 11.7 Å². The standard InChI is InChI=1S/C18H22N6O3/c1-11(2)15-9-13(22-26-15)10-24(4)18(25)20-12(3)17-21-16(23-27-17)14-7-5-6-8-19-14/h5-9,11-12H,10H2,1-4H3,(H,20,25). The molecular formula is C18H22N6O3. The van der Waals surface area contributed by atoms with Crippen LogP contribution in [0.3, 0.4) is 0 Å². The number of pyridine rings is 1. The summed E-state index contributed by atoms with van der Waals surface area (Å²) in [4.78, 5) is 22.4. The minimum Gasteiger partial charge on any atom is -0.361 e. The Morgan fingerprint density at radius 1 is 1.22 bits per heavy atom. The Morgan fingerprint density at radius 2 is 2.04 bits per heavy atom. The zero-order valence-electron chi connectivity index (χ0n) is 15.7. The number of urea groups is 1. The Kier molecular flexibility index (Phi) is 5.49. The van der Waals surface area contributed by atoms with Crippen molar-refractivity contribution in [1.29, 1.82) is 0 Å². The maximum Gasteiger partial charge on any atom is 0.318 e. The number of aromatic nitrogens is 4. The van der Waals surface area contributed by atoms with Crippen molar-refractivity contribution in [3.8, 4) is 11.5 Å². The third-order valence-electron chi connectivity index (χ3n) is 3.94. The van der Waals surface area contributed by atoms with Gasteiger partial charge >= 0.3 is 6.03 Å². The SMILES string of the molecule is CC(C)c1cc(CN(C)C(=O)NC(C)c2nc(-c3ccccn3)no2)no1. The van der Waals surface area contributed by atoms with E-state index in [1.165, 1.54) is 4.90 Å². The van der Waals surface area contributed by atoms with Crippen LogP contribution < -0.4 is 5.32 Å². The molecule has 0 aliphatic heterocycles. The molecule has 0 aromatic carbocycles. The predicted octanol–water partition coefficient (Wildman–Crippen LogP) is 3.15. The van der Waals surface area contributed by atoms with Gasteiger partial charge in [0.25, 0.3) is 0 Å². The first-order chi connectivity index (χ1) is 12.9. The third kappa shape index (κ3) is 4.49. The fourth-order valence-electron chi connectivity index (χ4n) is 2.36. The van der Waals surface area contributed by atoms with Gasteiger partial charge in [-0.25, -0.2) is 4.79 Å². The summed E-state index contributed by atoms with van der Waals surface area (Å²) in [5.74, 6) is 1.72. The summed E-state index contributed by atoms with van der Waals surface area (Å²) in [5, 5.41) is 10.7. The molecule has 2 amide bonds. The highest BCUT2D eigenvalue weighted by atomic mass is 16.5.